The summed E-state index contributed by atoms with van der Waals surface area (Å²) >= 11 is 0. The van der Waals surface area contributed by atoms with Crippen LogP contribution in [0.2, 0.25) is 0 Å². The van der Waals surface area contributed by atoms with Gasteiger partial charge in [-0.3, -0.25) is 9.59 Å². The van der Waals surface area contributed by atoms with E-state index < -0.39 is 6.47 Å². The number of hydrogen-bond donors (Lipinski definition) is 2. The molecular weight excluding hydrogens is 259 g/mol. The van der Waals surface area contributed by atoms with Gasteiger partial charge in [-0.15, -0.1) is 0 Å². The van der Waals surface area contributed by atoms with Crippen LogP contribution in [0, 0.1) is 0 Å². The summed E-state index contributed by atoms with van der Waals surface area (Å²) in [5.74, 6) is 0. The SMILES string of the molecule is O=CO.O=CO.O=C[O-].S.[Na+].c1ccccc1. The average Bonchev–Trinajstić information content (AvgIpc) is 2.24. The van der Waals surface area contributed by atoms with Gasteiger partial charge in [-0.05, 0) is 0 Å². The van der Waals surface area contributed by atoms with Crippen LogP contribution < -0.4 is 34.7 Å². The van der Waals surface area contributed by atoms with Gasteiger partial charge in [-0.1, -0.05) is 36.4 Å². The van der Waals surface area contributed by atoms with Gasteiger partial charge in [0.1, 0.15) is 0 Å². The first kappa shape index (κ1) is 29.7. The van der Waals surface area contributed by atoms with Crippen molar-refractivity contribution in [2.75, 3.05) is 0 Å². The van der Waals surface area contributed by atoms with Gasteiger partial charge in [0.15, 0.2) is 0 Å². The third-order valence-corrected chi connectivity index (χ3v) is 0.667. The van der Waals surface area contributed by atoms with Gasteiger partial charge in [0, 0.05) is 6.47 Å². The van der Waals surface area contributed by atoms with Gasteiger partial charge in [-0.2, -0.15) is 13.5 Å². The maximum atomic E-state index is 8.36. The van der Waals surface area contributed by atoms with Gasteiger partial charge in [0.05, 0.1) is 0 Å². The Kier molecular flexibility index (Phi) is 80.4. The van der Waals surface area contributed by atoms with Crippen molar-refractivity contribution in [2.24, 2.45) is 0 Å². The molecule has 92 valence electrons. The Bertz CT molecular complexity index is 181. The maximum absolute atomic E-state index is 8.36. The van der Waals surface area contributed by atoms with Crippen molar-refractivity contribution in [2.45, 2.75) is 0 Å². The molecule has 0 aromatic heterocycles. The van der Waals surface area contributed by atoms with E-state index in [9.17, 15) is 0 Å². The monoisotopic (exact) mass is 272 g/mol. The van der Waals surface area contributed by atoms with Crippen LogP contribution in [0.25, 0.3) is 0 Å². The minimum Gasteiger partial charge on any atom is -0.554 e. The van der Waals surface area contributed by atoms with Crippen LogP contribution in [-0.2, 0) is 14.4 Å². The molecule has 1 aromatic carbocycles. The molecule has 0 bridgehead atoms. The van der Waals surface area contributed by atoms with E-state index in [0.29, 0.717) is 0 Å². The van der Waals surface area contributed by atoms with Gasteiger partial charge < -0.3 is 20.1 Å². The Hall–Kier alpha value is -1.02. The molecule has 0 saturated heterocycles. The average molecular weight is 272 g/mol. The predicted molar refractivity (Wildman–Crippen MR) is 60.3 cm³/mol. The number of benzene rings is 1. The summed E-state index contributed by atoms with van der Waals surface area (Å²) in [6, 6.07) is 12.0. The molecule has 0 spiro atoms. The Morgan fingerprint density at radius 1 is 0.765 bits per heavy atom. The van der Waals surface area contributed by atoms with Crippen molar-refractivity contribution in [3.63, 3.8) is 0 Å². The molecule has 0 heterocycles. The quantitative estimate of drug-likeness (QED) is 0.375. The van der Waals surface area contributed by atoms with E-state index in [1.165, 1.54) is 0 Å². The molecule has 0 radical (unpaired) electrons. The molecule has 0 unspecified atom stereocenters. The number of carbonyl (C=O) groups excluding carboxylic acids is 1. The van der Waals surface area contributed by atoms with Crippen molar-refractivity contribution in [1.82, 2.24) is 0 Å². The molecule has 0 aliphatic rings. The first-order valence-electron chi connectivity index (χ1n) is 3.46. The third-order valence-electron chi connectivity index (χ3n) is 0.667. The molecule has 0 aliphatic carbocycles. The minimum atomic E-state index is -0.500. The molecule has 1 rings (SSSR count). The first-order chi connectivity index (χ1) is 7.24. The molecule has 0 atom stereocenters. The summed E-state index contributed by atoms with van der Waals surface area (Å²) in [5, 5.41) is 22.0. The summed E-state index contributed by atoms with van der Waals surface area (Å²) in [6.45, 7) is -1.00. The van der Waals surface area contributed by atoms with Gasteiger partial charge in [0.2, 0.25) is 0 Å². The summed E-state index contributed by atoms with van der Waals surface area (Å²) in [4.78, 5) is 25.0. The number of carbonyl (C=O) groups is 3. The fourth-order valence-electron chi connectivity index (χ4n) is 0.385. The van der Waals surface area contributed by atoms with Gasteiger partial charge in [-0.25, -0.2) is 0 Å². The Balaban J connectivity index is -0.0000000390. The van der Waals surface area contributed by atoms with Gasteiger partial charge >= 0.3 is 29.6 Å². The maximum Gasteiger partial charge on any atom is 1.00 e. The smallest absolute Gasteiger partial charge is 0.554 e. The van der Waals surface area contributed by atoms with E-state index in [4.69, 9.17) is 29.7 Å². The fourth-order valence-corrected chi connectivity index (χ4v) is 0.385. The molecule has 0 saturated carbocycles. The Morgan fingerprint density at radius 3 is 0.882 bits per heavy atom. The summed E-state index contributed by atoms with van der Waals surface area (Å²) in [6.07, 6.45) is 0. The van der Waals surface area contributed by atoms with Crippen molar-refractivity contribution in [3.8, 4) is 0 Å². The molecule has 0 fully saturated rings. The second-order valence-electron chi connectivity index (χ2n) is 1.46. The second kappa shape index (κ2) is 46.0. The van der Waals surface area contributed by atoms with E-state index in [1.54, 1.807) is 0 Å². The van der Waals surface area contributed by atoms with Crippen molar-refractivity contribution < 1.29 is 59.3 Å². The summed E-state index contributed by atoms with van der Waals surface area (Å²) < 4.78 is 0. The zero-order chi connectivity index (χ0) is 12.4. The van der Waals surface area contributed by atoms with E-state index in [0.717, 1.165) is 0 Å². The second-order valence-corrected chi connectivity index (χ2v) is 1.46. The van der Waals surface area contributed by atoms with Crippen molar-refractivity contribution in [3.05, 3.63) is 36.4 Å². The van der Waals surface area contributed by atoms with Crippen LogP contribution in [0.15, 0.2) is 36.4 Å². The van der Waals surface area contributed by atoms with Crippen LogP contribution in [0.3, 0.4) is 0 Å². The molecule has 17 heavy (non-hydrogen) atoms. The number of carboxylic acid groups (broad SMARTS) is 3. The number of hydrogen-bond acceptors (Lipinski definition) is 4. The topological polar surface area (TPSA) is 115 Å². The third kappa shape index (κ3) is 102. The van der Waals surface area contributed by atoms with Crippen molar-refractivity contribution in [1.29, 1.82) is 0 Å². The van der Waals surface area contributed by atoms with Crippen LogP contribution in [0.1, 0.15) is 0 Å². The molecule has 0 aliphatic heterocycles. The fraction of sp³-hybridized carbons (Fsp3) is 0. The summed E-state index contributed by atoms with van der Waals surface area (Å²) in [7, 11) is 0. The minimum absolute atomic E-state index is 0. The zero-order valence-electron chi connectivity index (χ0n) is 9.22. The molecular formula is C9H13NaO6S. The molecule has 0 amide bonds. The number of rotatable bonds is 0. The van der Waals surface area contributed by atoms with E-state index >= 15 is 0 Å². The van der Waals surface area contributed by atoms with Crippen LogP contribution >= 0.6 is 13.5 Å². The van der Waals surface area contributed by atoms with Gasteiger partial charge in [0.25, 0.3) is 12.9 Å². The van der Waals surface area contributed by atoms with Crippen LogP contribution in [0.4, 0.5) is 0 Å². The van der Waals surface area contributed by atoms with E-state index in [1.807, 2.05) is 36.4 Å². The molecule has 2 N–H and O–H groups in total. The Labute approximate surface area is 128 Å². The molecule has 8 heteroatoms. The van der Waals surface area contributed by atoms with Crippen LogP contribution in [-0.4, -0.2) is 29.6 Å². The normalized spacial score (nSPS) is 4.94. The molecule has 6 nitrogen and oxygen atoms in total. The van der Waals surface area contributed by atoms with E-state index in [2.05, 4.69) is 0 Å². The van der Waals surface area contributed by atoms with Crippen LogP contribution in [0.5, 0.6) is 0 Å². The largest absolute Gasteiger partial charge is 1.00 e. The standard InChI is InChI=1S/C6H6.3CH2O2.Na.H2S/c1-2-4-6-5-3-1;3*2-1-3;;/h1-6H;3*1H,(H,2,3);;1H2/q;;;;+1;/p-1. The van der Waals surface area contributed by atoms with Crippen molar-refractivity contribution >= 4 is 32.9 Å². The molecule has 1 aromatic rings. The van der Waals surface area contributed by atoms with E-state index in [-0.39, 0.29) is 56.0 Å². The first-order valence-corrected chi connectivity index (χ1v) is 3.46. The predicted octanol–water partition coefficient (Wildman–Crippen LogP) is -3.43. The Morgan fingerprint density at radius 2 is 0.824 bits per heavy atom. The zero-order valence-corrected chi connectivity index (χ0v) is 12.2. The summed E-state index contributed by atoms with van der Waals surface area (Å²) in [5.41, 5.74) is 0.